The summed E-state index contributed by atoms with van der Waals surface area (Å²) in [6.07, 6.45) is 1.79. The lowest BCUT2D eigenvalue weighted by Gasteiger charge is -2.31. The van der Waals surface area contributed by atoms with Crippen molar-refractivity contribution in [3.63, 3.8) is 0 Å². The lowest BCUT2D eigenvalue weighted by atomic mass is 10.1. The van der Waals surface area contributed by atoms with Gasteiger partial charge in [0.05, 0.1) is 26.8 Å². The summed E-state index contributed by atoms with van der Waals surface area (Å²) in [5.41, 5.74) is 9.32. The molecule has 0 aliphatic carbocycles. The summed E-state index contributed by atoms with van der Waals surface area (Å²) in [6.45, 7) is 1.61. The summed E-state index contributed by atoms with van der Waals surface area (Å²) < 4.78 is 16.5. The number of fused-ring (bicyclic) bond motifs is 4. The molecule has 0 bridgehead atoms. The quantitative estimate of drug-likeness (QED) is 0.313. The van der Waals surface area contributed by atoms with Crippen molar-refractivity contribution < 1.29 is 4.39 Å². The van der Waals surface area contributed by atoms with E-state index < -0.39 is 0 Å². The average Bonchev–Trinajstić information content (AvgIpc) is 3.39. The molecule has 4 N–H and O–H groups in total. The van der Waals surface area contributed by atoms with Gasteiger partial charge in [0, 0.05) is 31.6 Å². The predicted octanol–water partition coefficient (Wildman–Crippen LogP) is 4.98. The van der Waals surface area contributed by atoms with Crippen molar-refractivity contribution in [2.45, 2.75) is 28.4 Å². The van der Waals surface area contributed by atoms with E-state index in [1.807, 2.05) is 18.2 Å². The molecule has 1 aliphatic heterocycles. The zero-order chi connectivity index (χ0) is 22.5. The number of thiazole rings is 1. The maximum absolute atomic E-state index is 14.4. The van der Waals surface area contributed by atoms with Gasteiger partial charge in [-0.2, -0.15) is 0 Å². The molecule has 0 saturated carbocycles. The molecule has 5 aromatic rings. The van der Waals surface area contributed by atoms with E-state index in [0.29, 0.717) is 16.5 Å². The fraction of sp³-hybridized carbons (Fsp3) is 0.261. The number of halogens is 1. The largest absolute Gasteiger partial charge is 0.386 e. The van der Waals surface area contributed by atoms with Crippen LogP contribution in [0.1, 0.15) is 12.8 Å². The van der Waals surface area contributed by atoms with Crippen LogP contribution in [0.4, 0.5) is 15.9 Å². The first kappa shape index (κ1) is 20.6. The molecule has 0 atom stereocenters. The first-order valence-corrected chi connectivity index (χ1v) is 12.5. The zero-order valence-corrected chi connectivity index (χ0v) is 19.6. The number of nitrogens with zero attached hydrogens (tertiary/aromatic N) is 4. The Morgan fingerprint density at radius 3 is 2.79 bits per heavy atom. The molecule has 4 heterocycles. The second-order valence-corrected chi connectivity index (χ2v) is 10.4. The number of hydrogen-bond acceptors (Lipinski definition) is 8. The number of aromatic nitrogens is 4. The molecule has 3 aromatic heterocycles. The van der Waals surface area contributed by atoms with E-state index in [9.17, 15) is 4.39 Å². The summed E-state index contributed by atoms with van der Waals surface area (Å²) in [6, 6.07) is 11.3. The first-order chi connectivity index (χ1) is 16.1. The summed E-state index contributed by atoms with van der Waals surface area (Å²) in [5, 5.41) is 5.31. The lowest BCUT2D eigenvalue weighted by molar-refractivity contribution is 0.498. The summed E-state index contributed by atoms with van der Waals surface area (Å²) in [4.78, 5) is 20.1. The number of rotatable bonds is 4. The van der Waals surface area contributed by atoms with Gasteiger partial charge in [0.25, 0.3) is 0 Å². The molecule has 1 aliphatic rings. The Kier molecular flexibility index (Phi) is 5.08. The molecule has 7 nitrogen and oxygen atoms in total. The third-order valence-corrected chi connectivity index (χ3v) is 8.01. The molecule has 2 aromatic carbocycles. The van der Waals surface area contributed by atoms with Crippen LogP contribution >= 0.6 is 23.1 Å². The molecular formula is C23H22FN7S2. The number of H-pyrrole nitrogens is 1. The van der Waals surface area contributed by atoms with Crippen molar-refractivity contribution in [2.75, 3.05) is 30.4 Å². The summed E-state index contributed by atoms with van der Waals surface area (Å²) in [5.74, 6) is 0.515. The van der Waals surface area contributed by atoms with Crippen LogP contribution in [0, 0.1) is 5.82 Å². The molecule has 33 heavy (non-hydrogen) atoms. The number of nitrogens with two attached hydrogens (primary N) is 1. The maximum atomic E-state index is 14.4. The molecule has 0 unspecified atom stereocenters. The smallest absolute Gasteiger partial charge is 0.198 e. The van der Waals surface area contributed by atoms with E-state index in [4.69, 9.17) is 20.7 Å². The van der Waals surface area contributed by atoms with Gasteiger partial charge >= 0.3 is 0 Å². The van der Waals surface area contributed by atoms with Crippen LogP contribution in [0.25, 0.3) is 32.2 Å². The molecule has 168 valence electrons. The van der Waals surface area contributed by atoms with E-state index in [1.165, 1.54) is 17.8 Å². The van der Waals surface area contributed by atoms with Crippen LogP contribution in [0.2, 0.25) is 0 Å². The maximum Gasteiger partial charge on any atom is 0.198 e. The van der Waals surface area contributed by atoms with Crippen LogP contribution in [-0.4, -0.2) is 46.1 Å². The van der Waals surface area contributed by atoms with Gasteiger partial charge in [0.2, 0.25) is 0 Å². The van der Waals surface area contributed by atoms with Crippen molar-refractivity contribution in [1.29, 1.82) is 0 Å². The Labute approximate surface area is 197 Å². The van der Waals surface area contributed by atoms with Gasteiger partial charge < -0.3 is 20.9 Å². The molecule has 1 fully saturated rings. The highest BCUT2D eigenvalue weighted by Crippen LogP contribution is 2.39. The number of hydrogen-bond donors (Lipinski definition) is 3. The van der Waals surface area contributed by atoms with Gasteiger partial charge in [-0.15, -0.1) is 11.3 Å². The SMILES string of the molecule is CNc1cc(F)cc2c1[nH]c1nc(Sc3nc4ccccc4s3)nc(N3CCC(N)CC3)c12. The van der Waals surface area contributed by atoms with E-state index in [1.54, 1.807) is 24.5 Å². The predicted molar refractivity (Wildman–Crippen MR) is 134 cm³/mol. The van der Waals surface area contributed by atoms with E-state index in [2.05, 4.69) is 21.3 Å². The second-order valence-electron chi connectivity index (χ2n) is 8.18. The Balaban J connectivity index is 1.52. The lowest BCUT2D eigenvalue weighted by Crippen LogP contribution is -2.40. The van der Waals surface area contributed by atoms with E-state index in [-0.39, 0.29) is 11.9 Å². The topological polar surface area (TPSA) is 95.8 Å². The molecule has 0 amide bonds. The first-order valence-electron chi connectivity index (χ1n) is 10.8. The van der Waals surface area contributed by atoms with Crippen LogP contribution in [0.5, 0.6) is 0 Å². The van der Waals surface area contributed by atoms with Gasteiger partial charge in [-0.25, -0.2) is 19.3 Å². The average molecular weight is 480 g/mol. The number of anilines is 2. The second kappa shape index (κ2) is 8.12. The number of para-hydroxylation sites is 1. The van der Waals surface area contributed by atoms with Crippen molar-refractivity contribution in [1.82, 2.24) is 19.9 Å². The van der Waals surface area contributed by atoms with Crippen LogP contribution < -0.4 is 16.0 Å². The van der Waals surface area contributed by atoms with E-state index in [0.717, 1.165) is 62.6 Å². The standard InChI is InChI=1S/C23H22FN7S2/c1-26-16-11-12(24)10-14-18-20(28-19(14)16)29-22(30-21(18)31-8-6-13(25)7-9-31)33-23-27-15-4-2-3-5-17(15)32-23/h2-5,10-11,13,26H,6-9,25H2,1H3,(H,28,29,30). The Morgan fingerprint density at radius 2 is 2.00 bits per heavy atom. The van der Waals surface area contributed by atoms with Gasteiger partial charge in [0.15, 0.2) is 9.50 Å². The van der Waals surface area contributed by atoms with Gasteiger partial charge in [-0.05, 0) is 48.9 Å². The number of aromatic amines is 1. The third kappa shape index (κ3) is 3.68. The number of piperidine rings is 1. The van der Waals surface area contributed by atoms with Crippen LogP contribution in [0.15, 0.2) is 45.9 Å². The Hall–Kier alpha value is -2.95. The highest BCUT2D eigenvalue weighted by atomic mass is 32.2. The van der Waals surface area contributed by atoms with Crippen LogP contribution in [-0.2, 0) is 0 Å². The summed E-state index contributed by atoms with van der Waals surface area (Å²) in [7, 11) is 1.78. The molecule has 6 rings (SSSR count). The van der Waals surface area contributed by atoms with Crippen molar-refractivity contribution in [3.05, 3.63) is 42.2 Å². The molecule has 1 saturated heterocycles. The minimum Gasteiger partial charge on any atom is -0.386 e. The normalized spacial score (nSPS) is 15.2. The molecule has 10 heteroatoms. The van der Waals surface area contributed by atoms with Gasteiger partial charge in [-0.3, -0.25) is 0 Å². The van der Waals surface area contributed by atoms with Crippen molar-refractivity contribution in [2.24, 2.45) is 5.73 Å². The Bertz CT molecular complexity index is 1450. The zero-order valence-electron chi connectivity index (χ0n) is 17.9. The molecule has 0 radical (unpaired) electrons. The fourth-order valence-corrected chi connectivity index (χ4v) is 6.31. The highest BCUT2D eigenvalue weighted by molar-refractivity contribution is 8.01. The Morgan fingerprint density at radius 1 is 1.18 bits per heavy atom. The minimum atomic E-state index is -0.299. The fourth-order valence-electron chi connectivity index (χ4n) is 4.38. The minimum absolute atomic E-state index is 0.200. The number of benzene rings is 2. The number of nitrogens with one attached hydrogen (secondary N) is 2. The van der Waals surface area contributed by atoms with Gasteiger partial charge in [0.1, 0.15) is 17.3 Å². The summed E-state index contributed by atoms with van der Waals surface area (Å²) >= 11 is 3.08. The van der Waals surface area contributed by atoms with Gasteiger partial charge in [-0.1, -0.05) is 12.1 Å². The highest BCUT2D eigenvalue weighted by Gasteiger charge is 2.24. The molecule has 0 spiro atoms. The molecular weight excluding hydrogens is 457 g/mol. The van der Waals surface area contributed by atoms with Crippen molar-refractivity contribution in [3.8, 4) is 0 Å². The third-order valence-electron chi connectivity index (χ3n) is 6.05. The monoisotopic (exact) mass is 479 g/mol. The van der Waals surface area contributed by atoms with E-state index >= 15 is 0 Å². The van der Waals surface area contributed by atoms with Crippen LogP contribution in [0.3, 0.4) is 0 Å². The van der Waals surface area contributed by atoms with Crippen molar-refractivity contribution >= 4 is 66.8 Å².